The van der Waals surface area contributed by atoms with E-state index < -0.39 is 29.5 Å². The van der Waals surface area contributed by atoms with Gasteiger partial charge in [-0.1, -0.05) is 42.5 Å². The van der Waals surface area contributed by atoms with Crippen LogP contribution < -0.4 is 20.3 Å². The van der Waals surface area contributed by atoms with Crippen LogP contribution in [0.3, 0.4) is 0 Å². The van der Waals surface area contributed by atoms with Gasteiger partial charge in [-0.15, -0.1) is 0 Å². The van der Waals surface area contributed by atoms with Gasteiger partial charge in [0.2, 0.25) is 11.9 Å². The third-order valence-corrected chi connectivity index (χ3v) is 7.40. The third kappa shape index (κ3) is 7.29. The van der Waals surface area contributed by atoms with Crippen LogP contribution in [0.1, 0.15) is 28.5 Å². The Hall–Kier alpha value is -4.35. The van der Waals surface area contributed by atoms with Crippen molar-refractivity contribution in [1.82, 2.24) is 20.6 Å². The number of epoxide rings is 1. The number of anilines is 1. The first kappa shape index (κ1) is 29.2. The van der Waals surface area contributed by atoms with E-state index in [-0.39, 0.29) is 17.9 Å². The van der Waals surface area contributed by atoms with E-state index in [4.69, 9.17) is 14.2 Å². The number of amides is 2. The minimum Gasteiger partial charge on any atom is -0.497 e. The summed E-state index contributed by atoms with van der Waals surface area (Å²) < 4.78 is 16.1. The summed E-state index contributed by atoms with van der Waals surface area (Å²) in [6, 6.07) is 16.4. The number of nitrogens with zero attached hydrogens (tertiary/aromatic N) is 3. The number of carbonyl (C=O) groups is 3. The molecular formula is C31H35N5O6. The number of Topliss-reactive ketones (excluding diaryl/α,β-unsaturated/α-hetero) is 1. The molecule has 0 unspecified atom stereocenters. The van der Waals surface area contributed by atoms with Crippen LogP contribution in [-0.4, -0.2) is 85.3 Å². The van der Waals surface area contributed by atoms with Gasteiger partial charge >= 0.3 is 0 Å². The number of ether oxygens (including phenoxy) is 3. The summed E-state index contributed by atoms with van der Waals surface area (Å²) in [6.07, 6.45) is 2.00. The molecule has 11 nitrogen and oxygen atoms in total. The third-order valence-electron chi connectivity index (χ3n) is 7.40. The maximum absolute atomic E-state index is 13.8. The molecule has 2 aliphatic heterocycles. The Kier molecular flexibility index (Phi) is 9.09. The Bertz CT molecular complexity index is 1390. The van der Waals surface area contributed by atoms with Crippen molar-refractivity contribution >= 4 is 23.5 Å². The largest absolute Gasteiger partial charge is 0.497 e. The first-order valence-corrected chi connectivity index (χ1v) is 14.0. The normalized spacial score (nSPS) is 19.3. The molecular weight excluding hydrogens is 538 g/mol. The summed E-state index contributed by atoms with van der Waals surface area (Å²) in [7, 11) is 1.58. The first-order chi connectivity index (χ1) is 20.3. The molecule has 3 heterocycles. The number of methoxy groups -OCH3 is 1. The van der Waals surface area contributed by atoms with Crippen LogP contribution in [0, 0.1) is 0 Å². The molecule has 220 valence electrons. The molecule has 2 saturated heterocycles. The molecule has 2 fully saturated rings. The van der Waals surface area contributed by atoms with Crippen LogP contribution in [0.25, 0.3) is 0 Å². The van der Waals surface area contributed by atoms with Crippen molar-refractivity contribution in [1.29, 1.82) is 0 Å². The molecule has 0 aliphatic carbocycles. The summed E-state index contributed by atoms with van der Waals surface area (Å²) in [5.74, 6) is -0.121. The van der Waals surface area contributed by atoms with E-state index in [1.54, 1.807) is 26.2 Å². The number of aromatic nitrogens is 2. The second kappa shape index (κ2) is 13.1. The van der Waals surface area contributed by atoms with E-state index in [2.05, 4.69) is 20.6 Å². The quantitative estimate of drug-likeness (QED) is 0.311. The average molecular weight is 574 g/mol. The number of ketones is 1. The van der Waals surface area contributed by atoms with Crippen LogP contribution in [0.4, 0.5) is 5.95 Å². The van der Waals surface area contributed by atoms with Crippen LogP contribution in [0.5, 0.6) is 5.75 Å². The number of hydrogen-bond donors (Lipinski definition) is 2. The first-order valence-electron chi connectivity index (χ1n) is 14.0. The molecule has 2 N–H and O–H groups in total. The van der Waals surface area contributed by atoms with Gasteiger partial charge in [0.15, 0.2) is 5.78 Å². The topological polar surface area (TPSA) is 135 Å². The van der Waals surface area contributed by atoms with Crippen LogP contribution in [0.15, 0.2) is 66.9 Å². The van der Waals surface area contributed by atoms with Gasteiger partial charge in [0.25, 0.3) is 5.91 Å². The number of rotatable bonds is 12. The lowest BCUT2D eigenvalue weighted by Gasteiger charge is -2.27. The highest BCUT2D eigenvalue weighted by Gasteiger charge is 2.50. The van der Waals surface area contributed by atoms with E-state index in [1.807, 2.05) is 47.4 Å². The van der Waals surface area contributed by atoms with Crippen LogP contribution >= 0.6 is 0 Å². The molecule has 0 radical (unpaired) electrons. The Morgan fingerprint density at radius 2 is 1.62 bits per heavy atom. The van der Waals surface area contributed by atoms with Gasteiger partial charge in [0.1, 0.15) is 23.1 Å². The fraction of sp³-hybridized carbons (Fsp3) is 0.387. The Balaban J connectivity index is 1.37. The van der Waals surface area contributed by atoms with E-state index in [1.165, 1.54) is 12.3 Å². The van der Waals surface area contributed by atoms with Gasteiger partial charge in [-0.05, 0) is 42.7 Å². The van der Waals surface area contributed by atoms with E-state index >= 15 is 0 Å². The maximum atomic E-state index is 13.8. The molecule has 3 atom stereocenters. The van der Waals surface area contributed by atoms with Gasteiger partial charge in [0, 0.05) is 25.7 Å². The van der Waals surface area contributed by atoms with Gasteiger partial charge in [-0.25, -0.2) is 9.97 Å². The molecule has 3 aromatic rings. The fourth-order valence-electron chi connectivity index (χ4n) is 4.78. The maximum Gasteiger partial charge on any atom is 0.270 e. The zero-order valence-corrected chi connectivity index (χ0v) is 23.7. The number of hydrogen-bond acceptors (Lipinski definition) is 9. The minimum atomic E-state index is -0.994. The number of benzene rings is 2. The molecule has 2 amide bonds. The zero-order chi connectivity index (χ0) is 29.5. The Morgan fingerprint density at radius 1 is 0.952 bits per heavy atom. The van der Waals surface area contributed by atoms with Crippen molar-refractivity contribution in [3.05, 3.63) is 83.7 Å². The van der Waals surface area contributed by atoms with Crippen LogP contribution in [-0.2, 0) is 31.9 Å². The SMILES string of the molecule is COc1ccc(C[C@H](NC(=O)c2ccnc(N3CCOCC3)n2)C(=O)N[C@@H](Cc2ccccc2)C(=O)[C@@]2(C)CO2)cc1. The molecule has 0 spiro atoms. The predicted molar refractivity (Wildman–Crippen MR) is 154 cm³/mol. The Morgan fingerprint density at radius 3 is 2.29 bits per heavy atom. The lowest BCUT2D eigenvalue weighted by molar-refractivity contribution is -0.131. The molecule has 5 rings (SSSR count). The van der Waals surface area contributed by atoms with Crippen molar-refractivity contribution in [2.24, 2.45) is 0 Å². The molecule has 0 saturated carbocycles. The lowest BCUT2D eigenvalue weighted by atomic mass is 9.94. The van der Waals surface area contributed by atoms with Crippen molar-refractivity contribution in [2.45, 2.75) is 37.5 Å². The highest BCUT2D eigenvalue weighted by Crippen LogP contribution is 2.29. The molecule has 11 heteroatoms. The smallest absolute Gasteiger partial charge is 0.270 e. The van der Waals surface area contributed by atoms with Gasteiger partial charge in [-0.2, -0.15) is 0 Å². The zero-order valence-electron chi connectivity index (χ0n) is 23.7. The fourth-order valence-corrected chi connectivity index (χ4v) is 4.78. The lowest BCUT2D eigenvalue weighted by Crippen LogP contribution is -2.55. The number of nitrogens with one attached hydrogen (secondary N) is 2. The van der Waals surface area contributed by atoms with Crippen molar-refractivity contribution < 1.29 is 28.6 Å². The highest BCUT2D eigenvalue weighted by atomic mass is 16.6. The number of morpholine rings is 1. The summed E-state index contributed by atoms with van der Waals surface area (Å²) in [4.78, 5) is 51.3. The van der Waals surface area contributed by atoms with Crippen molar-refractivity contribution in [2.75, 3.05) is 44.9 Å². The summed E-state index contributed by atoms with van der Waals surface area (Å²) in [6.45, 7) is 4.36. The second-order valence-corrected chi connectivity index (χ2v) is 10.6. The predicted octanol–water partition coefficient (Wildman–Crippen LogP) is 1.75. The number of carbonyl (C=O) groups excluding carboxylic acids is 3. The molecule has 2 aliphatic rings. The van der Waals surface area contributed by atoms with Gasteiger partial charge in [-0.3, -0.25) is 14.4 Å². The second-order valence-electron chi connectivity index (χ2n) is 10.6. The van der Waals surface area contributed by atoms with Crippen molar-refractivity contribution in [3.63, 3.8) is 0 Å². The molecule has 2 aromatic carbocycles. The van der Waals surface area contributed by atoms with Crippen molar-refractivity contribution in [3.8, 4) is 5.75 Å². The van der Waals surface area contributed by atoms with Gasteiger partial charge in [0.05, 0.1) is 33.0 Å². The molecule has 1 aromatic heterocycles. The van der Waals surface area contributed by atoms with Gasteiger partial charge < -0.3 is 29.7 Å². The summed E-state index contributed by atoms with van der Waals surface area (Å²) in [5, 5.41) is 5.76. The Labute approximate surface area is 244 Å². The summed E-state index contributed by atoms with van der Waals surface area (Å²) in [5.41, 5.74) is 0.900. The van der Waals surface area contributed by atoms with E-state index in [0.717, 1.165) is 11.1 Å². The van der Waals surface area contributed by atoms with E-state index in [9.17, 15) is 14.4 Å². The average Bonchev–Trinajstić information content (AvgIpc) is 3.79. The summed E-state index contributed by atoms with van der Waals surface area (Å²) >= 11 is 0. The minimum absolute atomic E-state index is 0.134. The van der Waals surface area contributed by atoms with Crippen LogP contribution in [0.2, 0.25) is 0 Å². The molecule has 0 bridgehead atoms. The monoisotopic (exact) mass is 573 g/mol. The highest BCUT2D eigenvalue weighted by molar-refractivity contribution is 5.99. The standard InChI is InChI=1S/C31H35N5O6/c1-31(20-42-31)27(37)25(18-21-6-4-3-5-7-21)33-29(39)26(19-22-8-10-23(40-2)11-9-22)34-28(38)24-12-13-32-30(35-24)36-14-16-41-17-15-36/h3-13,25-26H,14-20H2,1-2H3,(H,33,39)(H,34,38)/t25-,26-,31+/m0/s1. The van der Waals surface area contributed by atoms with E-state index in [0.29, 0.717) is 51.0 Å². The molecule has 42 heavy (non-hydrogen) atoms.